The zero-order valence-electron chi connectivity index (χ0n) is 14.6. The second-order valence-electron chi connectivity index (χ2n) is 5.80. The molecule has 0 aliphatic heterocycles. The second kappa shape index (κ2) is 7.66. The maximum absolute atomic E-state index is 12.3. The van der Waals surface area contributed by atoms with Crippen molar-refractivity contribution in [2.75, 3.05) is 11.9 Å². The van der Waals surface area contributed by atoms with Crippen molar-refractivity contribution in [1.29, 1.82) is 0 Å². The van der Waals surface area contributed by atoms with Gasteiger partial charge >= 0.3 is 0 Å². The van der Waals surface area contributed by atoms with Gasteiger partial charge in [-0.1, -0.05) is 12.1 Å². The number of anilines is 1. The number of carbonyl (C=O) groups is 1. The molecule has 9 heteroatoms. The van der Waals surface area contributed by atoms with E-state index < -0.39 is 22.5 Å². The van der Waals surface area contributed by atoms with E-state index in [1.807, 2.05) is 13.8 Å². The largest absolute Gasteiger partial charge is 0.489 e. The van der Waals surface area contributed by atoms with Crippen molar-refractivity contribution in [3.8, 4) is 5.75 Å². The lowest BCUT2D eigenvalue weighted by Gasteiger charge is -2.15. The Hall–Kier alpha value is -2.39. The van der Waals surface area contributed by atoms with E-state index in [1.165, 1.54) is 0 Å². The Morgan fingerprint density at radius 1 is 1.28 bits per heavy atom. The van der Waals surface area contributed by atoms with E-state index in [4.69, 9.17) is 4.74 Å². The summed E-state index contributed by atoms with van der Waals surface area (Å²) in [5.41, 5.74) is 1.25. The number of carbonyl (C=O) groups excluding carboxylic acids is 1. The van der Waals surface area contributed by atoms with Gasteiger partial charge < -0.3 is 10.1 Å². The van der Waals surface area contributed by atoms with Crippen molar-refractivity contribution in [1.82, 2.24) is 14.9 Å². The first-order chi connectivity index (χ1) is 11.7. The number of aromatic amines is 1. The van der Waals surface area contributed by atoms with Crippen molar-refractivity contribution >= 4 is 21.6 Å². The summed E-state index contributed by atoms with van der Waals surface area (Å²) in [6.07, 6.45) is -0.0522. The molecule has 0 fully saturated rings. The number of benzene rings is 1. The van der Waals surface area contributed by atoms with E-state index in [2.05, 4.69) is 20.2 Å². The molecule has 0 saturated heterocycles. The van der Waals surface area contributed by atoms with E-state index in [0.717, 1.165) is 0 Å². The Kier molecular flexibility index (Phi) is 5.81. The van der Waals surface area contributed by atoms with Gasteiger partial charge in [0.2, 0.25) is 15.9 Å². The number of hydrogen-bond acceptors (Lipinski definition) is 5. The lowest BCUT2D eigenvalue weighted by Crippen LogP contribution is -2.33. The molecule has 1 aromatic heterocycles. The fourth-order valence-corrected chi connectivity index (χ4v) is 3.64. The molecule has 2 rings (SSSR count). The van der Waals surface area contributed by atoms with Crippen LogP contribution in [0.1, 0.15) is 25.2 Å². The van der Waals surface area contributed by atoms with Crippen LogP contribution in [-0.2, 0) is 14.8 Å². The summed E-state index contributed by atoms with van der Waals surface area (Å²) in [5, 5.41) is 9.11. The number of H-pyrrole nitrogens is 1. The molecular weight excluding hydrogens is 344 g/mol. The first-order valence-electron chi connectivity index (χ1n) is 7.77. The van der Waals surface area contributed by atoms with Crippen molar-refractivity contribution in [3.63, 3.8) is 0 Å². The highest BCUT2D eigenvalue weighted by Crippen LogP contribution is 2.24. The fourth-order valence-electron chi connectivity index (χ4n) is 2.29. The molecule has 0 bridgehead atoms. The van der Waals surface area contributed by atoms with Crippen molar-refractivity contribution in [2.24, 2.45) is 0 Å². The Morgan fingerprint density at radius 3 is 2.56 bits per heavy atom. The maximum Gasteiger partial charge on any atom is 0.244 e. The van der Waals surface area contributed by atoms with E-state index in [1.54, 1.807) is 38.1 Å². The number of aromatic nitrogens is 2. The maximum atomic E-state index is 12.3. The molecule has 1 aromatic carbocycles. The Labute approximate surface area is 147 Å². The van der Waals surface area contributed by atoms with Gasteiger partial charge in [-0.2, -0.15) is 5.10 Å². The third-order valence-corrected chi connectivity index (χ3v) is 4.94. The molecule has 0 aliphatic carbocycles. The third-order valence-electron chi connectivity index (χ3n) is 3.28. The molecule has 8 nitrogen and oxygen atoms in total. The van der Waals surface area contributed by atoms with Crippen LogP contribution in [0.25, 0.3) is 0 Å². The minimum absolute atomic E-state index is 0.0522. The quantitative estimate of drug-likeness (QED) is 0.691. The number of aryl methyl sites for hydroxylation is 2. The average molecular weight is 366 g/mol. The van der Waals surface area contributed by atoms with Crippen LogP contribution >= 0.6 is 0 Å². The Bertz CT molecular complexity index is 839. The zero-order chi connectivity index (χ0) is 18.6. The number of nitrogens with one attached hydrogen (secondary N) is 3. The van der Waals surface area contributed by atoms with Gasteiger partial charge in [0.15, 0.2) is 0 Å². The second-order valence-corrected chi connectivity index (χ2v) is 7.50. The van der Waals surface area contributed by atoms with Crippen LogP contribution in [0, 0.1) is 13.8 Å². The molecule has 3 N–H and O–H groups in total. The Balaban J connectivity index is 2.04. The van der Waals surface area contributed by atoms with Crippen LogP contribution in [0.15, 0.2) is 29.2 Å². The minimum Gasteiger partial charge on any atom is -0.489 e. The first kappa shape index (κ1) is 18.9. The van der Waals surface area contributed by atoms with Crippen LogP contribution in [0.2, 0.25) is 0 Å². The molecular formula is C16H22N4O4S. The summed E-state index contributed by atoms with van der Waals surface area (Å²) in [4.78, 5) is 12.2. The minimum atomic E-state index is -3.83. The number of sulfonamides is 1. The molecule has 1 heterocycles. The zero-order valence-corrected chi connectivity index (χ0v) is 15.4. The summed E-state index contributed by atoms with van der Waals surface area (Å²) in [6, 6.07) is 6.97. The van der Waals surface area contributed by atoms with Crippen LogP contribution in [-0.4, -0.2) is 37.2 Å². The van der Waals surface area contributed by atoms with Crippen LogP contribution in [0.3, 0.4) is 0 Å². The number of ether oxygens (including phenoxy) is 1. The van der Waals surface area contributed by atoms with Crippen molar-refractivity contribution in [3.05, 3.63) is 35.7 Å². The molecule has 25 heavy (non-hydrogen) atoms. The van der Waals surface area contributed by atoms with Gasteiger partial charge in [0.25, 0.3) is 0 Å². The molecule has 0 unspecified atom stereocenters. The van der Waals surface area contributed by atoms with Gasteiger partial charge in [-0.05, 0) is 39.8 Å². The number of para-hydroxylation sites is 2. The lowest BCUT2D eigenvalue weighted by atomic mass is 10.3. The molecule has 1 amide bonds. The Morgan fingerprint density at radius 2 is 1.96 bits per heavy atom. The van der Waals surface area contributed by atoms with Crippen LogP contribution < -0.4 is 14.8 Å². The molecule has 136 valence electrons. The SMILES string of the molecule is Cc1n[nH]c(C)c1S(=O)(=O)NCC(=O)Nc1ccccc1OC(C)C. The predicted octanol–water partition coefficient (Wildman–Crippen LogP) is 1.73. The highest BCUT2D eigenvalue weighted by atomic mass is 32.2. The van der Waals surface area contributed by atoms with E-state index in [9.17, 15) is 13.2 Å². The molecule has 0 aliphatic rings. The van der Waals surface area contributed by atoms with Gasteiger partial charge in [0.05, 0.1) is 29.7 Å². The summed E-state index contributed by atoms with van der Waals surface area (Å²) in [5.74, 6) is 0.0254. The monoisotopic (exact) mass is 366 g/mol. The molecule has 0 spiro atoms. The number of rotatable bonds is 7. The molecule has 0 saturated carbocycles. The van der Waals surface area contributed by atoms with Gasteiger partial charge in [-0.3, -0.25) is 9.89 Å². The van der Waals surface area contributed by atoms with E-state index in [0.29, 0.717) is 22.8 Å². The van der Waals surface area contributed by atoms with Crippen LogP contribution in [0.4, 0.5) is 5.69 Å². The predicted molar refractivity (Wildman–Crippen MR) is 94.1 cm³/mol. The number of amides is 1. The smallest absolute Gasteiger partial charge is 0.244 e. The summed E-state index contributed by atoms with van der Waals surface area (Å²) in [6.45, 7) is 6.54. The third kappa shape index (κ3) is 4.80. The summed E-state index contributed by atoms with van der Waals surface area (Å²) >= 11 is 0. The first-order valence-corrected chi connectivity index (χ1v) is 9.26. The standard InChI is InChI=1S/C16H22N4O4S/c1-10(2)24-14-8-6-5-7-13(14)18-15(21)9-17-25(22,23)16-11(3)19-20-12(16)4/h5-8,10,17H,9H2,1-4H3,(H,18,21)(H,19,20). The van der Waals surface area contributed by atoms with Gasteiger partial charge in [-0.25, -0.2) is 13.1 Å². The topological polar surface area (TPSA) is 113 Å². The number of nitrogens with zero attached hydrogens (tertiary/aromatic N) is 1. The van der Waals surface area contributed by atoms with Crippen molar-refractivity contribution in [2.45, 2.75) is 38.7 Å². The lowest BCUT2D eigenvalue weighted by molar-refractivity contribution is -0.115. The van der Waals surface area contributed by atoms with Crippen LogP contribution in [0.5, 0.6) is 5.75 Å². The van der Waals surface area contributed by atoms with E-state index in [-0.39, 0.29) is 11.0 Å². The van der Waals surface area contributed by atoms with Gasteiger partial charge in [0, 0.05) is 0 Å². The van der Waals surface area contributed by atoms with Gasteiger partial charge in [0.1, 0.15) is 10.6 Å². The summed E-state index contributed by atoms with van der Waals surface area (Å²) in [7, 11) is -3.83. The molecule has 0 radical (unpaired) electrons. The summed E-state index contributed by atoms with van der Waals surface area (Å²) < 4.78 is 32.6. The average Bonchev–Trinajstić information content (AvgIpc) is 2.86. The highest BCUT2D eigenvalue weighted by Gasteiger charge is 2.23. The van der Waals surface area contributed by atoms with Gasteiger partial charge in [-0.15, -0.1) is 0 Å². The highest BCUT2D eigenvalue weighted by molar-refractivity contribution is 7.89. The normalized spacial score (nSPS) is 11.6. The van der Waals surface area contributed by atoms with E-state index >= 15 is 0 Å². The fraction of sp³-hybridized carbons (Fsp3) is 0.375. The molecule has 0 atom stereocenters. The number of hydrogen-bond donors (Lipinski definition) is 3. The van der Waals surface area contributed by atoms with Crippen molar-refractivity contribution < 1.29 is 17.9 Å². The molecule has 2 aromatic rings.